The summed E-state index contributed by atoms with van der Waals surface area (Å²) in [6.45, 7) is 0.960. The lowest BCUT2D eigenvalue weighted by Gasteiger charge is -2.29. The van der Waals surface area contributed by atoms with Crippen molar-refractivity contribution in [2.45, 2.75) is 63.5 Å². The Morgan fingerprint density at radius 2 is 2.26 bits per heavy atom. The minimum atomic E-state index is -0.0356. The predicted octanol–water partition coefficient (Wildman–Crippen LogP) is 2.56. The Hall–Kier alpha value is -0.830. The second kappa shape index (κ2) is 4.34. The molecule has 1 heterocycles. The van der Waals surface area contributed by atoms with Crippen LogP contribution >= 0.6 is 0 Å². The van der Waals surface area contributed by atoms with Gasteiger partial charge in [-0.05, 0) is 63.3 Å². The Morgan fingerprint density at radius 3 is 3.00 bits per heavy atom. The van der Waals surface area contributed by atoms with Crippen molar-refractivity contribution in [3.8, 4) is 0 Å². The number of nitrogens with one attached hydrogen (secondary N) is 1. The zero-order valence-corrected chi connectivity index (χ0v) is 11.5. The van der Waals surface area contributed by atoms with Crippen LogP contribution in [0.4, 0.5) is 0 Å². The molecule has 0 amide bonds. The summed E-state index contributed by atoms with van der Waals surface area (Å²) >= 11 is 0. The van der Waals surface area contributed by atoms with Gasteiger partial charge in [-0.3, -0.25) is 4.79 Å². The number of rotatable bonds is 2. The molecule has 104 valence electrons. The molecule has 3 aliphatic carbocycles. The summed E-state index contributed by atoms with van der Waals surface area (Å²) in [5.41, 5.74) is 2.18. The third kappa shape index (κ3) is 2.12. The van der Waals surface area contributed by atoms with Crippen LogP contribution in [0.2, 0.25) is 0 Å². The van der Waals surface area contributed by atoms with E-state index in [-0.39, 0.29) is 18.1 Å². The van der Waals surface area contributed by atoms with Crippen molar-refractivity contribution in [3.05, 3.63) is 11.6 Å². The molecule has 3 atom stereocenters. The number of carbonyl (C=O) groups excluding carboxylic acids is 1. The maximum absolute atomic E-state index is 12.1. The van der Waals surface area contributed by atoms with Crippen LogP contribution in [-0.4, -0.2) is 24.7 Å². The Bertz CT molecular complexity index is 418. The summed E-state index contributed by atoms with van der Waals surface area (Å²) < 4.78 is 5.84. The van der Waals surface area contributed by atoms with Crippen molar-refractivity contribution in [3.63, 3.8) is 0 Å². The number of allylic oxidation sites excluding steroid dienone is 1. The molecule has 0 aromatic carbocycles. The molecule has 0 aromatic rings. The molecule has 0 radical (unpaired) electrons. The molecule has 2 unspecified atom stereocenters. The van der Waals surface area contributed by atoms with E-state index in [1.165, 1.54) is 25.7 Å². The van der Waals surface area contributed by atoms with Crippen LogP contribution in [0.15, 0.2) is 11.6 Å². The Labute approximate surface area is 114 Å². The average molecular weight is 261 g/mol. The molecule has 1 aliphatic heterocycles. The number of fused-ring (bicyclic) bond motifs is 1. The molecule has 1 N–H and O–H groups in total. The molecular formula is C16H23NO2. The molecule has 3 heteroatoms. The zero-order valence-electron chi connectivity index (χ0n) is 11.5. The van der Waals surface area contributed by atoms with Crippen LogP contribution in [0.5, 0.6) is 0 Å². The number of esters is 1. The number of hydrogen-bond acceptors (Lipinski definition) is 3. The monoisotopic (exact) mass is 261 g/mol. The van der Waals surface area contributed by atoms with Gasteiger partial charge in [0.2, 0.25) is 0 Å². The van der Waals surface area contributed by atoms with Crippen molar-refractivity contribution < 1.29 is 9.53 Å². The minimum Gasteiger partial charge on any atom is -0.461 e. The normalized spacial score (nSPS) is 38.9. The Kier molecular flexibility index (Phi) is 2.73. The Morgan fingerprint density at radius 1 is 1.37 bits per heavy atom. The van der Waals surface area contributed by atoms with Gasteiger partial charge in [0, 0.05) is 5.92 Å². The SMILES string of the molecule is O=C(OC1CCC2=CCC3(CC3)CC21)[C@@H]1CCCN1. The van der Waals surface area contributed by atoms with Gasteiger partial charge in [0.15, 0.2) is 0 Å². The molecule has 3 fully saturated rings. The molecule has 4 aliphatic rings. The van der Waals surface area contributed by atoms with E-state index >= 15 is 0 Å². The van der Waals surface area contributed by atoms with E-state index in [2.05, 4.69) is 11.4 Å². The van der Waals surface area contributed by atoms with Gasteiger partial charge in [-0.25, -0.2) is 0 Å². The maximum atomic E-state index is 12.1. The van der Waals surface area contributed by atoms with Gasteiger partial charge in [-0.15, -0.1) is 0 Å². The van der Waals surface area contributed by atoms with E-state index in [9.17, 15) is 4.79 Å². The van der Waals surface area contributed by atoms with Crippen LogP contribution in [0, 0.1) is 11.3 Å². The Balaban J connectivity index is 1.42. The highest BCUT2D eigenvalue weighted by molar-refractivity contribution is 5.76. The molecule has 1 saturated heterocycles. The quantitative estimate of drug-likeness (QED) is 0.613. The summed E-state index contributed by atoms with van der Waals surface area (Å²) in [7, 11) is 0. The largest absolute Gasteiger partial charge is 0.461 e. The maximum Gasteiger partial charge on any atom is 0.323 e. The number of carbonyl (C=O) groups is 1. The fourth-order valence-corrected chi connectivity index (χ4v) is 4.19. The molecule has 3 nitrogen and oxygen atoms in total. The molecule has 0 bridgehead atoms. The first-order valence-electron chi connectivity index (χ1n) is 7.89. The van der Waals surface area contributed by atoms with Crippen molar-refractivity contribution in [1.29, 1.82) is 0 Å². The smallest absolute Gasteiger partial charge is 0.323 e. The van der Waals surface area contributed by atoms with E-state index < -0.39 is 0 Å². The third-order valence-corrected chi connectivity index (χ3v) is 5.66. The van der Waals surface area contributed by atoms with Crippen LogP contribution in [-0.2, 0) is 9.53 Å². The first kappa shape index (κ1) is 12.0. The second-order valence-electron chi connectivity index (χ2n) is 6.96. The van der Waals surface area contributed by atoms with Crippen LogP contribution in [0.1, 0.15) is 51.4 Å². The van der Waals surface area contributed by atoms with Crippen LogP contribution < -0.4 is 5.32 Å². The molecule has 1 spiro atoms. The van der Waals surface area contributed by atoms with E-state index in [0.717, 1.165) is 32.2 Å². The van der Waals surface area contributed by atoms with Gasteiger partial charge in [0.05, 0.1) is 0 Å². The predicted molar refractivity (Wildman–Crippen MR) is 72.6 cm³/mol. The lowest BCUT2D eigenvalue weighted by molar-refractivity contribution is -0.153. The summed E-state index contributed by atoms with van der Waals surface area (Å²) in [5, 5.41) is 3.24. The van der Waals surface area contributed by atoms with Gasteiger partial charge in [-0.1, -0.05) is 11.6 Å². The summed E-state index contributed by atoms with van der Waals surface area (Å²) in [6.07, 6.45) is 12.2. The van der Waals surface area contributed by atoms with Crippen molar-refractivity contribution in [2.75, 3.05) is 6.54 Å². The first-order valence-corrected chi connectivity index (χ1v) is 7.89. The van der Waals surface area contributed by atoms with E-state index in [0.29, 0.717) is 11.3 Å². The molecule has 19 heavy (non-hydrogen) atoms. The van der Waals surface area contributed by atoms with Gasteiger partial charge in [0.25, 0.3) is 0 Å². The fourth-order valence-electron chi connectivity index (χ4n) is 4.19. The highest BCUT2D eigenvalue weighted by Gasteiger charge is 2.50. The lowest BCUT2D eigenvalue weighted by Crippen LogP contribution is -2.36. The highest BCUT2D eigenvalue weighted by Crippen LogP contribution is 2.59. The number of ether oxygens (including phenoxy) is 1. The first-order chi connectivity index (χ1) is 9.26. The molecular weight excluding hydrogens is 238 g/mol. The van der Waals surface area contributed by atoms with E-state index in [1.807, 2.05) is 0 Å². The summed E-state index contributed by atoms with van der Waals surface area (Å²) in [5.74, 6) is 0.542. The average Bonchev–Trinajstić information content (AvgIpc) is 2.84. The van der Waals surface area contributed by atoms with Gasteiger partial charge >= 0.3 is 5.97 Å². The van der Waals surface area contributed by atoms with Crippen molar-refractivity contribution in [1.82, 2.24) is 5.32 Å². The second-order valence-corrected chi connectivity index (χ2v) is 6.96. The minimum absolute atomic E-state index is 0.000768. The standard InChI is InChI=1S/C16H23NO2/c18-15(13-2-1-9-17-13)19-14-4-3-11-5-6-16(7-8-16)10-12(11)14/h5,12-14,17H,1-4,6-10H2/t12?,13-,14?/m0/s1. The van der Waals surface area contributed by atoms with Gasteiger partial charge < -0.3 is 10.1 Å². The molecule has 4 rings (SSSR count). The molecule has 2 saturated carbocycles. The van der Waals surface area contributed by atoms with Crippen LogP contribution in [0.25, 0.3) is 0 Å². The topological polar surface area (TPSA) is 38.3 Å². The molecule has 0 aromatic heterocycles. The van der Waals surface area contributed by atoms with E-state index in [4.69, 9.17) is 4.74 Å². The van der Waals surface area contributed by atoms with Crippen molar-refractivity contribution >= 4 is 5.97 Å². The van der Waals surface area contributed by atoms with Crippen LogP contribution in [0.3, 0.4) is 0 Å². The highest BCUT2D eigenvalue weighted by atomic mass is 16.5. The third-order valence-electron chi connectivity index (χ3n) is 5.66. The van der Waals surface area contributed by atoms with Gasteiger partial charge in [0.1, 0.15) is 12.1 Å². The number of hydrogen-bond donors (Lipinski definition) is 1. The fraction of sp³-hybridized carbons (Fsp3) is 0.812. The lowest BCUT2D eigenvalue weighted by atomic mass is 9.79. The summed E-state index contributed by atoms with van der Waals surface area (Å²) in [4.78, 5) is 12.1. The van der Waals surface area contributed by atoms with Gasteiger partial charge in [-0.2, -0.15) is 0 Å². The summed E-state index contributed by atoms with van der Waals surface area (Å²) in [6, 6.07) is -0.0356. The zero-order chi connectivity index (χ0) is 12.9. The van der Waals surface area contributed by atoms with E-state index in [1.54, 1.807) is 5.57 Å². The van der Waals surface area contributed by atoms with Crippen molar-refractivity contribution in [2.24, 2.45) is 11.3 Å².